The monoisotopic (exact) mass is 456 g/mol. The number of hydrazone groups is 1. The summed E-state index contributed by atoms with van der Waals surface area (Å²) in [6, 6.07) is 10.2. The summed E-state index contributed by atoms with van der Waals surface area (Å²) < 4.78 is 17.0. The summed E-state index contributed by atoms with van der Waals surface area (Å²) in [6.45, 7) is 1.88. The van der Waals surface area contributed by atoms with Gasteiger partial charge < -0.3 is 24.0 Å². The molecule has 0 bridgehead atoms. The SMILES string of the molecule is COC(=O)c1ccc(COc2ccccc2/C(C)=N/NC(=O)CCn2cnc([N+](=O)[O-])n2)o1. The maximum atomic E-state index is 12.1. The third-order valence-electron chi connectivity index (χ3n) is 4.30. The maximum absolute atomic E-state index is 12.1. The first kappa shape index (κ1) is 23.1. The van der Waals surface area contributed by atoms with Crippen LogP contribution in [0, 0.1) is 10.1 Å². The maximum Gasteiger partial charge on any atom is 0.490 e. The number of benzene rings is 1. The number of ether oxygens (including phenoxy) is 2. The lowest BCUT2D eigenvalue weighted by atomic mass is 10.1. The number of furan rings is 1. The number of esters is 1. The first-order chi connectivity index (χ1) is 15.9. The molecule has 0 radical (unpaired) electrons. The van der Waals surface area contributed by atoms with Gasteiger partial charge in [-0.15, -0.1) is 0 Å². The van der Waals surface area contributed by atoms with Crippen molar-refractivity contribution >= 4 is 23.5 Å². The summed E-state index contributed by atoms with van der Waals surface area (Å²) in [5.41, 5.74) is 3.57. The lowest BCUT2D eigenvalue weighted by Gasteiger charge is -2.10. The fourth-order valence-electron chi connectivity index (χ4n) is 2.66. The number of hydrogen-bond acceptors (Lipinski definition) is 10. The topological polar surface area (TPSA) is 164 Å². The largest absolute Gasteiger partial charge is 0.490 e. The highest BCUT2D eigenvalue weighted by atomic mass is 16.6. The molecule has 0 saturated heterocycles. The van der Waals surface area contributed by atoms with Crippen molar-refractivity contribution in [1.82, 2.24) is 20.2 Å². The highest BCUT2D eigenvalue weighted by Gasteiger charge is 2.15. The smallest absolute Gasteiger partial charge is 0.485 e. The third kappa shape index (κ3) is 6.22. The Morgan fingerprint density at radius 3 is 2.79 bits per heavy atom. The van der Waals surface area contributed by atoms with Gasteiger partial charge in [0.15, 0.2) is 0 Å². The van der Waals surface area contributed by atoms with E-state index in [0.29, 0.717) is 22.8 Å². The van der Waals surface area contributed by atoms with Gasteiger partial charge in [-0.3, -0.25) is 4.79 Å². The summed E-state index contributed by atoms with van der Waals surface area (Å²) in [5, 5.41) is 18.3. The molecule has 3 rings (SSSR count). The van der Waals surface area contributed by atoms with Crippen molar-refractivity contribution in [3.63, 3.8) is 0 Å². The van der Waals surface area contributed by atoms with Gasteiger partial charge in [0, 0.05) is 17.1 Å². The molecule has 0 aliphatic rings. The van der Waals surface area contributed by atoms with E-state index in [4.69, 9.17) is 9.15 Å². The Labute approximate surface area is 187 Å². The number of nitrogens with one attached hydrogen (secondary N) is 1. The van der Waals surface area contributed by atoms with Crippen molar-refractivity contribution in [3.05, 3.63) is 69.9 Å². The van der Waals surface area contributed by atoms with E-state index in [1.54, 1.807) is 37.3 Å². The quantitative estimate of drug-likeness (QED) is 0.208. The molecule has 172 valence electrons. The molecular weight excluding hydrogens is 436 g/mol. The van der Waals surface area contributed by atoms with Crippen LogP contribution in [0.2, 0.25) is 0 Å². The fraction of sp³-hybridized carbons (Fsp3) is 0.250. The Morgan fingerprint density at radius 1 is 1.27 bits per heavy atom. The molecule has 0 atom stereocenters. The van der Waals surface area contributed by atoms with Crippen molar-refractivity contribution in [3.8, 4) is 5.75 Å². The molecule has 0 spiro atoms. The van der Waals surface area contributed by atoms with Gasteiger partial charge in [0.1, 0.15) is 18.1 Å². The van der Waals surface area contributed by atoms with Crippen molar-refractivity contribution in [2.75, 3.05) is 7.11 Å². The van der Waals surface area contributed by atoms with Crippen LogP contribution in [0.4, 0.5) is 5.95 Å². The molecule has 0 unspecified atom stereocenters. The number of hydrogen-bond donors (Lipinski definition) is 1. The van der Waals surface area contributed by atoms with Crippen LogP contribution >= 0.6 is 0 Å². The van der Waals surface area contributed by atoms with Crippen LogP contribution < -0.4 is 10.2 Å². The van der Waals surface area contributed by atoms with E-state index < -0.39 is 22.7 Å². The van der Waals surface area contributed by atoms with Crippen molar-refractivity contribution < 1.29 is 28.4 Å². The Kier molecular flexibility index (Phi) is 7.47. The Balaban J connectivity index is 1.57. The number of para-hydroxylation sites is 1. The molecule has 2 aromatic heterocycles. The highest BCUT2D eigenvalue weighted by Crippen LogP contribution is 2.21. The molecule has 1 amide bonds. The van der Waals surface area contributed by atoms with Gasteiger partial charge in [-0.25, -0.2) is 10.2 Å². The zero-order valence-electron chi connectivity index (χ0n) is 17.8. The van der Waals surface area contributed by atoms with Gasteiger partial charge in [-0.2, -0.15) is 9.78 Å². The van der Waals surface area contributed by atoms with E-state index >= 15 is 0 Å². The molecule has 1 aromatic carbocycles. The minimum Gasteiger partial charge on any atom is -0.485 e. The predicted octanol–water partition coefficient (Wildman–Crippen LogP) is 2.08. The van der Waals surface area contributed by atoms with Crippen molar-refractivity contribution in [2.24, 2.45) is 5.10 Å². The van der Waals surface area contributed by atoms with Gasteiger partial charge in [0.05, 0.1) is 19.4 Å². The zero-order chi connectivity index (χ0) is 23.8. The number of rotatable bonds is 10. The normalized spacial score (nSPS) is 11.2. The number of amides is 1. The molecule has 0 saturated carbocycles. The summed E-state index contributed by atoms with van der Waals surface area (Å²) in [6.07, 6.45) is 1.18. The Hall–Kier alpha value is -4.55. The van der Waals surface area contributed by atoms with Crippen LogP contribution in [0.25, 0.3) is 0 Å². The number of carbonyl (C=O) groups excluding carboxylic acids is 2. The first-order valence-electron chi connectivity index (χ1n) is 9.63. The van der Waals surface area contributed by atoms with Crippen LogP contribution in [0.3, 0.4) is 0 Å². The van der Waals surface area contributed by atoms with E-state index in [-0.39, 0.29) is 25.3 Å². The second-order valence-corrected chi connectivity index (χ2v) is 6.59. The minimum absolute atomic E-state index is 0.00351. The van der Waals surface area contributed by atoms with E-state index in [1.165, 1.54) is 24.2 Å². The average Bonchev–Trinajstić information content (AvgIpc) is 3.49. The fourth-order valence-corrected chi connectivity index (χ4v) is 2.66. The summed E-state index contributed by atoms with van der Waals surface area (Å²) in [4.78, 5) is 37.0. The number of carbonyl (C=O) groups is 2. The molecule has 2 heterocycles. The average molecular weight is 456 g/mol. The lowest BCUT2D eigenvalue weighted by molar-refractivity contribution is -0.394. The van der Waals surface area contributed by atoms with Crippen molar-refractivity contribution in [2.45, 2.75) is 26.5 Å². The predicted molar refractivity (Wildman–Crippen MR) is 112 cm³/mol. The molecule has 3 aromatic rings. The van der Waals surface area contributed by atoms with Crippen molar-refractivity contribution in [1.29, 1.82) is 0 Å². The number of methoxy groups -OCH3 is 1. The molecule has 0 aliphatic heterocycles. The minimum atomic E-state index is -0.715. The molecule has 0 fully saturated rings. The van der Waals surface area contributed by atoms with E-state index in [9.17, 15) is 19.7 Å². The molecule has 13 heteroatoms. The van der Waals surface area contributed by atoms with Gasteiger partial charge in [-0.1, -0.05) is 17.1 Å². The van der Waals surface area contributed by atoms with E-state index in [2.05, 4.69) is 25.3 Å². The van der Waals surface area contributed by atoms with E-state index in [0.717, 1.165) is 0 Å². The highest BCUT2D eigenvalue weighted by molar-refractivity contribution is 6.01. The van der Waals surface area contributed by atoms with E-state index in [1.807, 2.05) is 0 Å². The van der Waals surface area contributed by atoms with Crippen LogP contribution in [-0.2, 0) is 22.7 Å². The van der Waals surface area contributed by atoms with Gasteiger partial charge in [0.25, 0.3) is 0 Å². The zero-order valence-corrected chi connectivity index (χ0v) is 17.8. The molecule has 1 N–H and O–H groups in total. The number of nitrogens with zero attached hydrogens (tertiary/aromatic N) is 5. The summed E-state index contributed by atoms with van der Waals surface area (Å²) in [7, 11) is 1.26. The second-order valence-electron chi connectivity index (χ2n) is 6.59. The van der Waals surface area contributed by atoms with Gasteiger partial charge >= 0.3 is 11.9 Å². The van der Waals surface area contributed by atoms with Crippen LogP contribution in [0.5, 0.6) is 5.75 Å². The third-order valence-corrected chi connectivity index (χ3v) is 4.30. The Bertz CT molecular complexity index is 1180. The van der Waals surface area contributed by atoms with Crippen LogP contribution in [0.1, 0.15) is 35.2 Å². The molecule has 13 nitrogen and oxygen atoms in total. The standard InChI is InChI=1S/C20H20N6O7/c1-13(22-23-18(27)9-10-25-12-21-20(24-25)26(29)30)15-5-3-4-6-16(15)32-11-14-7-8-17(33-14)19(28)31-2/h3-8,12H,9-11H2,1-2H3,(H,23,27)/b22-13+. The van der Waals surface area contributed by atoms with Crippen LogP contribution in [0.15, 0.2) is 52.2 Å². The molecule has 0 aliphatic carbocycles. The molecule has 33 heavy (non-hydrogen) atoms. The summed E-state index contributed by atoms with van der Waals surface area (Å²) >= 11 is 0. The van der Waals surface area contributed by atoms with Crippen LogP contribution in [-0.4, -0.2) is 44.4 Å². The molecular formula is C20H20N6O7. The first-order valence-corrected chi connectivity index (χ1v) is 9.63. The number of aromatic nitrogens is 3. The Morgan fingerprint density at radius 2 is 2.06 bits per heavy atom. The lowest BCUT2D eigenvalue weighted by Crippen LogP contribution is -2.21. The number of nitro groups is 1. The summed E-state index contributed by atoms with van der Waals surface area (Å²) in [5.74, 6) is -0.512. The van der Waals surface area contributed by atoms with Gasteiger partial charge in [-0.05, 0) is 36.1 Å². The van der Waals surface area contributed by atoms with Gasteiger partial charge in [0.2, 0.25) is 18.0 Å². The second kappa shape index (κ2) is 10.7. The number of aryl methyl sites for hydroxylation is 1.